The Kier molecular flexibility index (Phi) is 8.14. The van der Waals surface area contributed by atoms with Gasteiger partial charge in [0.1, 0.15) is 0 Å². The highest BCUT2D eigenvalue weighted by atomic mass is 32.2. The number of likely N-dealkylation sites (N-methyl/N-ethyl adjacent to an activating group) is 1. The first kappa shape index (κ1) is 14.6. The standard InChI is InChI=1S/C14H24N2S/c1-3-9-15-10-11-16(2)12-13-17-14-7-5-4-6-8-14/h4-8,15H,3,9-13H2,1-2H3. The van der Waals surface area contributed by atoms with Crippen LogP contribution in [0.5, 0.6) is 0 Å². The van der Waals surface area contributed by atoms with Gasteiger partial charge >= 0.3 is 0 Å². The lowest BCUT2D eigenvalue weighted by atomic mass is 10.4. The molecular weight excluding hydrogens is 228 g/mol. The molecule has 0 saturated heterocycles. The van der Waals surface area contributed by atoms with Gasteiger partial charge in [-0.2, -0.15) is 0 Å². The van der Waals surface area contributed by atoms with Gasteiger partial charge < -0.3 is 10.2 Å². The predicted molar refractivity (Wildman–Crippen MR) is 77.8 cm³/mol. The Morgan fingerprint density at radius 1 is 1.12 bits per heavy atom. The van der Waals surface area contributed by atoms with Crippen LogP contribution in [-0.4, -0.2) is 43.9 Å². The van der Waals surface area contributed by atoms with Gasteiger partial charge in [-0.3, -0.25) is 0 Å². The van der Waals surface area contributed by atoms with E-state index < -0.39 is 0 Å². The first-order valence-corrected chi connectivity index (χ1v) is 7.38. The highest BCUT2D eigenvalue weighted by molar-refractivity contribution is 7.99. The number of nitrogens with zero attached hydrogens (tertiary/aromatic N) is 1. The molecule has 1 aromatic rings. The van der Waals surface area contributed by atoms with Crippen molar-refractivity contribution in [2.75, 3.05) is 39.0 Å². The molecule has 2 nitrogen and oxygen atoms in total. The van der Waals surface area contributed by atoms with Crippen molar-refractivity contribution in [2.24, 2.45) is 0 Å². The highest BCUT2D eigenvalue weighted by Crippen LogP contribution is 2.16. The van der Waals surface area contributed by atoms with E-state index in [2.05, 4.69) is 54.5 Å². The second-order valence-corrected chi connectivity index (χ2v) is 5.38. The Labute approximate surface area is 110 Å². The lowest BCUT2D eigenvalue weighted by molar-refractivity contribution is 0.352. The summed E-state index contributed by atoms with van der Waals surface area (Å²) in [6.45, 7) is 6.71. The SMILES string of the molecule is CCCNCCN(C)CCSc1ccccc1. The summed E-state index contributed by atoms with van der Waals surface area (Å²) < 4.78 is 0. The summed E-state index contributed by atoms with van der Waals surface area (Å²) in [6, 6.07) is 10.6. The average molecular weight is 252 g/mol. The van der Waals surface area contributed by atoms with Crippen molar-refractivity contribution in [1.82, 2.24) is 10.2 Å². The first-order valence-electron chi connectivity index (χ1n) is 6.40. The minimum atomic E-state index is 1.10. The van der Waals surface area contributed by atoms with Gasteiger partial charge in [0.05, 0.1) is 0 Å². The van der Waals surface area contributed by atoms with Crippen LogP contribution < -0.4 is 5.32 Å². The number of rotatable bonds is 9. The van der Waals surface area contributed by atoms with E-state index >= 15 is 0 Å². The van der Waals surface area contributed by atoms with E-state index in [1.165, 1.54) is 11.3 Å². The number of thioether (sulfide) groups is 1. The van der Waals surface area contributed by atoms with E-state index in [-0.39, 0.29) is 0 Å². The highest BCUT2D eigenvalue weighted by Gasteiger charge is 1.98. The van der Waals surface area contributed by atoms with Crippen molar-refractivity contribution in [2.45, 2.75) is 18.2 Å². The summed E-state index contributed by atoms with van der Waals surface area (Å²) in [5.74, 6) is 1.16. The minimum absolute atomic E-state index is 1.10. The van der Waals surface area contributed by atoms with Crippen LogP contribution in [0.4, 0.5) is 0 Å². The van der Waals surface area contributed by atoms with Gasteiger partial charge in [0.2, 0.25) is 0 Å². The Hall–Kier alpha value is -0.510. The Balaban J connectivity index is 2.02. The van der Waals surface area contributed by atoms with E-state index in [9.17, 15) is 0 Å². The van der Waals surface area contributed by atoms with Crippen LogP contribution in [0.15, 0.2) is 35.2 Å². The molecule has 0 aromatic heterocycles. The molecule has 17 heavy (non-hydrogen) atoms. The van der Waals surface area contributed by atoms with Gasteiger partial charge in [0.15, 0.2) is 0 Å². The fraction of sp³-hybridized carbons (Fsp3) is 0.571. The number of benzene rings is 1. The zero-order chi connectivity index (χ0) is 12.3. The van der Waals surface area contributed by atoms with Crippen LogP contribution in [0.25, 0.3) is 0 Å². The summed E-state index contributed by atoms with van der Waals surface area (Å²) in [5.41, 5.74) is 0. The molecule has 0 saturated carbocycles. The Bertz CT molecular complexity index is 277. The fourth-order valence-electron chi connectivity index (χ4n) is 1.52. The van der Waals surface area contributed by atoms with Crippen LogP contribution in [-0.2, 0) is 0 Å². The molecule has 0 aliphatic heterocycles. The van der Waals surface area contributed by atoms with Crippen molar-refractivity contribution < 1.29 is 0 Å². The molecule has 0 amide bonds. The third kappa shape index (κ3) is 7.42. The number of hydrogen-bond acceptors (Lipinski definition) is 3. The molecule has 0 atom stereocenters. The topological polar surface area (TPSA) is 15.3 Å². The lowest BCUT2D eigenvalue weighted by Gasteiger charge is -2.16. The summed E-state index contributed by atoms with van der Waals surface area (Å²) in [7, 11) is 2.19. The van der Waals surface area contributed by atoms with Crippen LogP contribution in [0.3, 0.4) is 0 Å². The second-order valence-electron chi connectivity index (χ2n) is 4.21. The number of hydrogen-bond donors (Lipinski definition) is 1. The smallest absolute Gasteiger partial charge is 0.0108 e. The maximum absolute atomic E-state index is 3.43. The third-order valence-corrected chi connectivity index (χ3v) is 3.57. The van der Waals surface area contributed by atoms with E-state index in [1.807, 2.05) is 11.8 Å². The van der Waals surface area contributed by atoms with Crippen LogP contribution in [0.1, 0.15) is 13.3 Å². The molecule has 0 fully saturated rings. The Morgan fingerprint density at radius 3 is 2.59 bits per heavy atom. The molecule has 1 rings (SSSR count). The maximum atomic E-state index is 3.43. The van der Waals surface area contributed by atoms with Crippen molar-refractivity contribution in [3.63, 3.8) is 0 Å². The predicted octanol–water partition coefficient (Wildman–Crippen LogP) is 2.71. The molecule has 1 N–H and O–H groups in total. The second kappa shape index (κ2) is 9.51. The molecule has 0 spiro atoms. The van der Waals surface area contributed by atoms with E-state index in [1.54, 1.807) is 0 Å². The monoisotopic (exact) mass is 252 g/mol. The zero-order valence-electron chi connectivity index (χ0n) is 11.0. The summed E-state index contributed by atoms with van der Waals surface area (Å²) in [5, 5.41) is 3.43. The van der Waals surface area contributed by atoms with Crippen molar-refractivity contribution >= 4 is 11.8 Å². The molecule has 3 heteroatoms. The molecule has 0 unspecified atom stereocenters. The van der Waals surface area contributed by atoms with Gasteiger partial charge in [0.25, 0.3) is 0 Å². The van der Waals surface area contributed by atoms with Gasteiger partial charge in [-0.25, -0.2) is 0 Å². The largest absolute Gasteiger partial charge is 0.315 e. The fourth-order valence-corrected chi connectivity index (χ4v) is 2.51. The summed E-state index contributed by atoms with van der Waals surface area (Å²) >= 11 is 1.93. The van der Waals surface area contributed by atoms with E-state index in [0.717, 1.165) is 31.9 Å². The number of nitrogens with one attached hydrogen (secondary N) is 1. The molecular formula is C14H24N2S. The van der Waals surface area contributed by atoms with Crippen LogP contribution in [0, 0.1) is 0 Å². The summed E-state index contributed by atoms with van der Waals surface area (Å²) in [6.07, 6.45) is 1.22. The van der Waals surface area contributed by atoms with Crippen molar-refractivity contribution in [3.8, 4) is 0 Å². The van der Waals surface area contributed by atoms with E-state index in [0.29, 0.717) is 0 Å². The Morgan fingerprint density at radius 2 is 1.88 bits per heavy atom. The van der Waals surface area contributed by atoms with Crippen LogP contribution in [0.2, 0.25) is 0 Å². The maximum Gasteiger partial charge on any atom is 0.0108 e. The third-order valence-electron chi connectivity index (χ3n) is 2.58. The summed E-state index contributed by atoms with van der Waals surface area (Å²) in [4.78, 5) is 3.75. The average Bonchev–Trinajstić information content (AvgIpc) is 2.36. The molecule has 0 heterocycles. The van der Waals surface area contributed by atoms with Crippen molar-refractivity contribution in [3.05, 3.63) is 30.3 Å². The van der Waals surface area contributed by atoms with E-state index in [4.69, 9.17) is 0 Å². The van der Waals surface area contributed by atoms with Crippen LogP contribution >= 0.6 is 11.8 Å². The zero-order valence-corrected chi connectivity index (χ0v) is 11.8. The molecule has 0 radical (unpaired) electrons. The molecule has 96 valence electrons. The molecule has 0 bridgehead atoms. The first-order chi connectivity index (χ1) is 8.33. The normalized spacial score (nSPS) is 11.0. The van der Waals surface area contributed by atoms with Crippen molar-refractivity contribution in [1.29, 1.82) is 0 Å². The van der Waals surface area contributed by atoms with Gasteiger partial charge in [0, 0.05) is 30.3 Å². The molecule has 0 aliphatic rings. The quantitative estimate of drug-likeness (QED) is 0.537. The van der Waals surface area contributed by atoms with Gasteiger partial charge in [-0.15, -0.1) is 11.8 Å². The van der Waals surface area contributed by atoms with Gasteiger partial charge in [-0.1, -0.05) is 25.1 Å². The lowest BCUT2D eigenvalue weighted by Crippen LogP contribution is -2.31. The minimum Gasteiger partial charge on any atom is -0.315 e. The van der Waals surface area contributed by atoms with Gasteiger partial charge in [-0.05, 0) is 32.1 Å². The molecule has 1 aromatic carbocycles. The molecule has 0 aliphatic carbocycles.